The molecule has 0 aliphatic carbocycles. The summed E-state index contributed by atoms with van der Waals surface area (Å²) in [4.78, 5) is 26.8. The molecule has 2 amide bonds. The lowest BCUT2D eigenvalue weighted by atomic mass is 10.1. The van der Waals surface area contributed by atoms with Gasteiger partial charge in [0.05, 0.1) is 17.9 Å². The fraction of sp³-hybridized carbons (Fsp3) is 0.722. The largest absolute Gasteiger partial charge is 0.363 e. The van der Waals surface area contributed by atoms with Crippen LogP contribution in [0.2, 0.25) is 0 Å². The van der Waals surface area contributed by atoms with E-state index in [-0.39, 0.29) is 30.0 Å². The standard InChI is InChI=1S/C18H30N4O3/c1-12(2)22-10-14(9-19-22)16(23)21-8-7-15(11-21)20-17(24)18(5,6)25-13(3)4/h9-10,12-13,15H,7-8,11H2,1-6H3,(H,20,24)/t15-/m1/s1. The third-order valence-electron chi connectivity index (χ3n) is 4.27. The Balaban J connectivity index is 1.92. The maximum absolute atomic E-state index is 12.6. The number of nitrogens with zero attached hydrogens (tertiary/aromatic N) is 3. The van der Waals surface area contributed by atoms with Gasteiger partial charge in [-0.1, -0.05) is 0 Å². The quantitative estimate of drug-likeness (QED) is 0.851. The third kappa shape index (κ3) is 4.81. The topological polar surface area (TPSA) is 76.5 Å². The number of rotatable bonds is 6. The van der Waals surface area contributed by atoms with E-state index in [1.807, 2.05) is 27.7 Å². The molecule has 1 aromatic rings. The summed E-state index contributed by atoms with van der Waals surface area (Å²) < 4.78 is 7.45. The van der Waals surface area contributed by atoms with Gasteiger partial charge in [0.1, 0.15) is 5.60 Å². The summed E-state index contributed by atoms with van der Waals surface area (Å²) in [7, 11) is 0. The van der Waals surface area contributed by atoms with Crippen LogP contribution in [0.4, 0.5) is 0 Å². The summed E-state index contributed by atoms with van der Waals surface area (Å²) in [5.74, 6) is -0.186. The van der Waals surface area contributed by atoms with Gasteiger partial charge < -0.3 is 15.0 Å². The van der Waals surface area contributed by atoms with Crippen LogP contribution < -0.4 is 5.32 Å². The van der Waals surface area contributed by atoms with Crippen LogP contribution in [0.1, 0.15) is 64.4 Å². The highest BCUT2D eigenvalue weighted by Gasteiger charge is 2.34. The Morgan fingerprint density at radius 2 is 2.00 bits per heavy atom. The predicted octanol–water partition coefficient (Wildman–Crippen LogP) is 2.00. The molecule has 2 heterocycles. The van der Waals surface area contributed by atoms with Gasteiger partial charge in [-0.3, -0.25) is 14.3 Å². The monoisotopic (exact) mass is 350 g/mol. The second kappa shape index (κ2) is 7.56. The van der Waals surface area contributed by atoms with E-state index in [4.69, 9.17) is 4.74 Å². The predicted molar refractivity (Wildman–Crippen MR) is 95.4 cm³/mol. The zero-order valence-electron chi connectivity index (χ0n) is 16.1. The molecule has 1 atom stereocenters. The van der Waals surface area contributed by atoms with E-state index in [2.05, 4.69) is 10.4 Å². The summed E-state index contributed by atoms with van der Waals surface area (Å²) in [6.45, 7) is 12.5. The second-order valence-electron chi connectivity index (χ2n) is 7.69. The number of carbonyl (C=O) groups is 2. The van der Waals surface area contributed by atoms with Crippen molar-refractivity contribution in [3.63, 3.8) is 0 Å². The summed E-state index contributed by atoms with van der Waals surface area (Å²) in [6.07, 6.45) is 4.10. The molecule has 1 aliphatic rings. The molecule has 140 valence electrons. The number of likely N-dealkylation sites (tertiary alicyclic amines) is 1. The minimum Gasteiger partial charge on any atom is -0.363 e. The molecule has 0 saturated carbocycles. The lowest BCUT2D eigenvalue weighted by Gasteiger charge is -2.28. The summed E-state index contributed by atoms with van der Waals surface area (Å²) in [5.41, 5.74) is -0.298. The first-order chi connectivity index (χ1) is 11.6. The first-order valence-electron chi connectivity index (χ1n) is 8.92. The van der Waals surface area contributed by atoms with E-state index in [1.165, 1.54) is 0 Å². The van der Waals surface area contributed by atoms with Crippen LogP contribution in [0, 0.1) is 0 Å². The highest BCUT2D eigenvalue weighted by molar-refractivity contribution is 5.94. The average Bonchev–Trinajstić information content (AvgIpc) is 3.14. The minimum atomic E-state index is -0.885. The van der Waals surface area contributed by atoms with Gasteiger partial charge in [-0.25, -0.2) is 0 Å². The maximum Gasteiger partial charge on any atom is 0.257 e. The fourth-order valence-corrected chi connectivity index (χ4v) is 2.98. The Bertz CT molecular complexity index is 622. The molecule has 1 fully saturated rings. The Kier molecular flexibility index (Phi) is 5.87. The number of hydrogen-bond donors (Lipinski definition) is 1. The molecule has 7 nitrogen and oxygen atoms in total. The van der Waals surface area contributed by atoms with E-state index in [9.17, 15) is 9.59 Å². The number of hydrogen-bond acceptors (Lipinski definition) is 4. The molecule has 1 aliphatic heterocycles. The molecule has 1 N–H and O–H groups in total. The van der Waals surface area contributed by atoms with Gasteiger partial charge in [-0.15, -0.1) is 0 Å². The molecule has 1 aromatic heterocycles. The molecule has 0 radical (unpaired) electrons. The van der Waals surface area contributed by atoms with E-state index in [0.29, 0.717) is 18.7 Å². The number of aromatic nitrogens is 2. The Hall–Kier alpha value is -1.89. The first-order valence-corrected chi connectivity index (χ1v) is 8.92. The zero-order valence-corrected chi connectivity index (χ0v) is 16.1. The minimum absolute atomic E-state index is 0.0279. The van der Waals surface area contributed by atoms with Crippen molar-refractivity contribution in [3.8, 4) is 0 Å². The van der Waals surface area contributed by atoms with Crippen LogP contribution in [-0.2, 0) is 9.53 Å². The molecule has 25 heavy (non-hydrogen) atoms. The zero-order chi connectivity index (χ0) is 18.8. The second-order valence-corrected chi connectivity index (χ2v) is 7.69. The molecular formula is C18H30N4O3. The molecule has 1 saturated heterocycles. The number of amides is 2. The summed E-state index contributed by atoms with van der Waals surface area (Å²) in [6, 6.07) is 0.169. The molecule has 2 rings (SSSR count). The molecular weight excluding hydrogens is 320 g/mol. The SMILES string of the molecule is CC(C)OC(C)(C)C(=O)N[C@@H]1CCN(C(=O)c2cnn(C(C)C)c2)C1. The van der Waals surface area contributed by atoms with Crippen molar-refractivity contribution in [1.29, 1.82) is 0 Å². The van der Waals surface area contributed by atoms with E-state index in [0.717, 1.165) is 6.42 Å². The van der Waals surface area contributed by atoms with Crippen LogP contribution in [0.25, 0.3) is 0 Å². The normalized spacial score (nSPS) is 18.2. The molecule has 7 heteroatoms. The first kappa shape index (κ1) is 19.4. The molecule has 0 aromatic carbocycles. The number of carbonyl (C=O) groups excluding carboxylic acids is 2. The summed E-state index contributed by atoms with van der Waals surface area (Å²) >= 11 is 0. The molecule has 0 spiro atoms. The van der Waals surface area contributed by atoms with Gasteiger partial charge in [0.2, 0.25) is 0 Å². The highest BCUT2D eigenvalue weighted by atomic mass is 16.5. The van der Waals surface area contributed by atoms with Crippen LogP contribution in [0.5, 0.6) is 0 Å². The fourth-order valence-electron chi connectivity index (χ4n) is 2.98. The van der Waals surface area contributed by atoms with Gasteiger partial charge in [0.25, 0.3) is 11.8 Å². The lowest BCUT2D eigenvalue weighted by Crippen LogP contribution is -2.50. The van der Waals surface area contributed by atoms with Crippen molar-refractivity contribution >= 4 is 11.8 Å². The average molecular weight is 350 g/mol. The van der Waals surface area contributed by atoms with Gasteiger partial charge in [0.15, 0.2) is 0 Å². The van der Waals surface area contributed by atoms with Crippen LogP contribution in [-0.4, -0.2) is 57.3 Å². The van der Waals surface area contributed by atoms with Crippen molar-refractivity contribution in [1.82, 2.24) is 20.0 Å². The van der Waals surface area contributed by atoms with E-state index in [1.54, 1.807) is 35.8 Å². The van der Waals surface area contributed by atoms with E-state index >= 15 is 0 Å². The Morgan fingerprint density at radius 1 is 1.32 bits per heavy atom. The maximum atomic E-state index is 12.6. The summed E-state index contributed by atoms with van der Waals surface area (Å²) in [5, 5.41) is 7.22. The Morgan fingerprint density at radius 3 is 2.56 bits per heavy atom. The van der Waals surface area contributed by atoms with Crippen LogP contribution >= 0.6 is 0 Å². The van der Waals surface area contributed by atoms with Crippen LogP contribution in [0.3, 0.4) is 0 Å². The Labute approximate surface area is 149 Å². The molecule has 0 bridgehead atoms. The van der Waals surface area contributed by atoms with E-state index < -0.39 is 5.60 Å². The smallest absolute Gasteiger partial charge is 0.257 e. The van der Waals surface area contributed by atoms with Crippen molar-refractivity contribution in [2.24, 2.45) is 0 Å². The molecule has 0 unspecified atom stereocenters. The van der Waals surface area contributed by atoms with Crippen molar-refractivity contribution < 1.29 is 14.3 Å². The number of ether oxygens (including phenoxy) is 1. The highest BCUT2D eigenvalue weighted by Crippen LogP contribution is 2.17. The third-order valence-corrected chi connectivity index (χ3v) is 4.27. The van der Waals surface area contributed by atoms with Gasteiger partial charge in [-0.2, -0.15) is 5.10 Å². The lowest BCUT2D eigenvalue weighted by molar-refractivity contribution is -0.148. The van der Waals surface area contributed by atoms with Crippen molar-refractivity contribution in [2.45, 2.75) is 71.8 Å². The van der Waals surface area contributed by atoms with Gasteiger partial charge in [-0.05, 0) is 48.0 Å². The van der Waals surface area contributed by atoms with Gasteiger partial charge in [0, 0.05) is 31.4 Å². The van der Waals surface area contributed by atoms with Crippen molar-refractivity contribution in [2.75, 3.05) is 13.1 Å². The number of nitrogens with one attached hydrogen (secondary N) is 1. The van der Waals surface area contributed by atoms with Gasteiger partial charge >= 0.3 is 0 Å². The van der Waals surface area contributed by atoms with Crippen molar-refractivity contribution in [3.05, 3.63) is 18.0 Å². The van der Waals surface area contributed by atoms with Crippen LogP contribution in [0.15, 0.2) is 12.4 Å².